The summed E-state index contributed by atoms with van der Waals surface area (Å²) in [7, 11) is -3.21. The molecule has 6 nitrogen and oxygen atoms in total. The molecule has 0 amide bonds. The van der Waals surface area contributed by atoms with Crippen molar-refractivity contribution >= 4 is 55.2 Å². The molecule has 0 radical (unpaired) electrons. The molecule has 29 heavy (non-hydrogen) atoms. The lowest BCUT2D eigenvalue weighted by Gasteiger charge is -2.07. The van der Waals surface area contributed by atoms with E-state index in [0.29, 0.717) is 23.6 Å². The topological polar surface area (TPSA) is 91.9 Å². The van der Waals surface area contributed by atoms with Gasteiger partial charge in [-0.3, -0.25) is 9.78 Å². The number of anilines is 1. The summed E-state index contributed by atoms with van der Waals surface area (Å²) in [5.41, 5.74) is 3.85. The fraction of sp³-hybridized carbons (Fsp3) is 0.143. The highest BCUT2D eigenvalue weighted by molar-refractivity contribution is 7.90. The summed E-state index contributed by atoms with van der Waals surface area (Å²) >= 11 is 6.05. The maximum absolute atomic E-state index is 11.7. The van der Waals surface area contributed by atoms with Crippen molar-refractivity contribution in [2.24, 2.45) is 0 Å². The molecule has 148 valence electrons. The van der Waals surface area contributed by atoms with E-state index in [-0.39, 0.29) is 4.90 Å². The molecule has 0 aliphatic rings. The number of nitrogens with zero attached hydrogens (tertiary/aromatic N) is 1. The van der Waals surface area contributed by atoms with Crippen LogP contribution in [0.25, 0.3) is 21.8 Å². The molecular formula is C21H18ClN3O3S. The maximum atomic E-state index is 11.7. The Morgan fingerprint density at radius 2 is 1.90 bits per heavy atom. The zero-order valence-electron chi connectivity index (χ0n) is 15.6. The van der Waals surface area contributed by atoms with Gasteiger partial charge < -0.3 is 10.3 Å². The van der Waals surface area contributed by atoms with Gasteiger partial charge in [-0.05, 0) is 42.5 Å². The van der Waals surface area contributed by atoms with Crippen molar-refractivity contribution in [1.29, 1.82) is 0 Å². The van der Waals surface area contributed by atoms with Gasteiger partial charge in [0.25, 0.3) is 0 Å². The van der Waals surface area contributed by atoms with Crippen LogP contribution in [0.2, 0.25) is 5.02 Å². The summed E-state index contributed by atoms with van der Waals surface area (Å²) in [6.45, 7) is 0.572. The number of aldehydes is 1. The van der Waals surface area contributed by atoms with Crippen LogP contribution in [0.4, 0.5) is 5.69 Å². The number of sulfone groups is 1. The quantitative estimate of drug-likeness (QED) is 0.449. The number of fused-ring (bicyclic) bond motifs is 3. The van der Waals surface area contributed by atoms with Crippen LogP contribution in [0.1, 0.15) is 16.1 Å². The molecule has 0 atom stereocenters. The van der Waals surface area contributed by atoms with Crippen molar-refractivity contribution in [1.82, 2.24) is 9.97 Å². The Balaban J connectivity index is 1.57. The standard InChI is InChI=1S/C21H18ClN3O3S/c1-29(27,28)15-5-3-14(4-6-15)23-9-8-19-18(12-26)17-11-24-20-10-13(22)2-7-16(20)21(17)25-19/h2-7,10-12,23,25H,8-9H2,1H3. The van der Waals surface area contributed by atoms with E-state index >= 15 is 0 Å². The van der Waals surface area contributed by atoms with E-state index in [4.69, 9.17) is 11.6 Å². The molecule has 4 aromatic rings. The molecule has 8 heteroatoms. The highest BCUT2D eigenvalue weighted by Crippen LogP contribution is 2.29. The summed E-state index contributed by atoms with van der Waals surface area (Å²) in [6, 6.07) is 12.1. The molecule has 0 aliphatic heterocycles. The monoisotopic (exact) mass is 427 g/mol. The number of carbonyl (C=O) groups is 1. The number of aromatic amines is 1. The van der Waals surface area contributed by atoms with Crippen molar-refractivity contribution in [3.05, 3.63) is 64.9 Å². The summed E-state index contributed by atoms with van der Waals surface area (Å²) in [5, 5.41) is 5.55. The third-order valence-corrected chi connectivity index (χ3v) is 6.19. The average Bonchev–Trinajstić information content (AvgIpc) is 3.05. The van der Waals surface area contributed by atoms with Gasteiger partial charge in [-0.2, -0.15) is 0 Å². The third-order valence-electron chi connectivity index (χ3n) is 4.83. The number of benzene rings is 2. The number of hydrogen-bond donors (Lipinski definition) is 2. The predicted octanol–water partition coefficient (Wildman–Crippen LogP) is 4.24. The molecule has 2 heterocycles. The first-order valence-electron chi connectivity index (χ1n) is 8.95. The second-order valence-corrected chi connectivity index (χ2v) is 9.27. The molecule has 0 aliphatic carbocycles. The van der Waals surface area contributed by atoms with Crippen LogP contribution in [0, 0.1) is 0 Å². The summed E-state index contributed by atoms with van der Waals surface area (Å²) in [4.78, 5) is 19.8. The molecule has 0 bridgehead atoms. The summed E-state index contributed by atoms with van der Waals surface area (Å²) in [5.74, 6) is 0. The van der Waals surface area contributed by atoms with Gasteiger partial charge in [0.15, 0.2) is 16.1 Å². The highest BCUT2D eigenvalue weighted by atomic mass is 35.5. The number of rotatable bonds is 6. The van der Waals surface area contributed by atoms with E-state index in [2.05, 4.69) is 15.3 Å². The smallest absolute Gasteiger partial charge is 0.175 e. The number of halogens is 1. The zero-order chi connectivity index (χ0) is 20.6. The van der Waals surface area contributed by atoms with Crippen LogP contribution in [0.3, 0.4) is 0 Å². The molecule has 4 rings (SSSR count). The highest BCUT2D eigenvalue weighted by Gasteiger charge is 2.14. The van der Waals surface area contributed by atoms with E-state index in [9.17, 15) is 13.2 Å². The van der Waals surface area contributed by atoms with Gasteiger partial charge in [0.05, 0.1) is 15.9 Å². The van der Waals surface area contributed by atoms with Gasteiger partial charge >= 0.3 is 0 Å². The van der Waals surface area contributed by atoms with Gasteiger partial charge in [-0.25, -0.2) is 8.42 Å². The minimum atomic E-state index is -3.21. The molecular weight excluding hydrogens is 410 g/mol. The predicted molar refractivity (Wildman–Crippen MR) is 116 cm³/mol. The first-order valence-corrected chi connectivity index (χ1v) is 11.2. The van der Waals surface area contributed by atoms with Crippen LogP contribution >= 0.6 is 11.6 Å². The van der Waals surface area contributed by atoms with E-state index in [1.165, 1.54) is 6.26 Å². The van der Waals surface area contributed by atoms with Gasteiger partial charge in [0, 0.05) is 58.2 Å². The largest absolute Gasteiger partial charge is 0.385 e. The molecule has 2 aromatic heterocycles. The second-order valence-electron chi connectivity index (χ2n) is 6.82. The normalized spacial score (nSPS) is 11.8. The minimum absolute atomic E-state index is 0.279. The Hall–Kier alpha value is -2.90. The fourth-order valence-electron chi connectivity index (χ4n) is 3.37. The van der Waals surface area contributed by atoms with Crippen molar-refractivity contribution in [3.8, 4) is 0 Å². The SMILES string of the molecule is CS(=O)(=O)c1ccc(NCCc2[nH]c3c(cnc4cc(Cl)ccc43)c2C=O)cc1. The summed E-state index contributed by atoms with van der Waals surface area (Å²) < 4.78 is 23.1. The van der Waals surface area contributed by atoms with Crippen molar-refractivity contribution in [2.45, 2.75) is 11.3 Å². The Bertz CT molecular complexity index is 1330. The van der Waals surface area contributed by atoms with Crippen LogP contribution < -0.4 is 5.32 Å². The van der Waals surface area contributed by atoms with E-state index in [0.717, 1.165) is 39.5 Å². The molecule has 2 N–H and O–H groups in total. The number of aromatic nitrogens is 2. The van der Waals surface area contributed by atoms with Gasteiger partial charge in [0.2, 0.25) is 0 Å². The van der Waals surface area contributed by atoms with Crippen LogP contribution in [-0.4, -0.2) is 37.5 Å². The lowest BCUT2D eigenvalue weighted by atomic mass is 10.1. The maximum Gasteiger partial charge on any atom is 0.175 e. The molecule has 0 spiro atoms. The Morgan fingerprint density at radius 1 is 1.14 bits per heavy atom. The molecule has 0 saturated heterocycles. The first-order chi connectivity index (χ1) is 13.9. The Labute approximate surface area is 172 Å². The number of carbonyl (C=O) groups excluding carboxylic acids is 1. The number of hydrogen-bond acceptors (Lipinski definition) is 5. The Morgan fingerprint density at radius 3 is 2.59 bits per heavy atom. The minimum Gasteiger partial charge on any atom is -0.385 e. The van der Waals surface area contributed by atoms with Crippen molar-refractivity contribution in [2.75, 3.05) is 18.1 Å². The van der Waals surface area contributed by atoms with Gasteiger partial charge in [-0.1, -0.05) is 11.6 Å². The lowest BCUT2D eigenvalue weighted by molar-refractivity contribution is 0.112. The summed E-state index contributed by atoms with van der Waals surface area (Å²) in [6.07, 6.45) is 4.30. The molecule has 0 saturated carbocycles. The number of nitrogens with one attached hydrogen (secondary N) is 2. The second kappa shape index (κ2) is 7.50. The van der Waals surface area contributed by atoms with Crippen LogP contribution in [0.15, 0.2) is 53.6 Å². The molecule has 0 unspecified atom stereocenters. The fourth-order valence-corrected chi connectivity index (χ4v) is 4.17. The van der Waals surface area contributed by atoms with Crippen LogP contribution in [-0.2, 0) is 16.3 Å². The first kappa shape index (κ1) is 19.4. The van der Waals surface area contributed by atoms with Gasteiger partial charge in [0.1, 0.15) is 0 Å². The van der Waals surface area contributed by atoms with Crippen molar-refractivity contribution in [3.63, 3.8) is 0 Å². The van der Waals surface area contributed by atoms with E-state index < -0.39 is 9.84 Å². The van der Waals surface area contributed by atoms with E-state index in [1.807, 2.05) is 6.07 Å². The number of H-pyrrole nitrogens is 1. The van der Waals surface area contributed by atoms with Crippen LogP contribution in [0.5, 0.6) is 0 Å². The number of pyridine rings is 1. The Kier molecular flexibility index (Phi) is 5.02. The van der Waals surface area contributed by atoms with E-state index in [1.54, 1.807) is 42.6 Å². The van der Waals surface area contributed by atoms with Crippen molar-refractivity contribution < 1.29 is 13.2 Å². The van der Waals surface area contributed by atoms with Gasteiger partial charge in [-0.15, -0.1) is 0 Å². The molecule has 2 aromatic carbocycles. The zero-order valence-corrected chi connectivity index (χ0v) is 17.1. The third kappa shape index (κ3) is 3.83. The average molecular weight is 428 g/mol. The molecule has 0 fully saturated rings. The lowest BCUT2D eigenvalue weighted by Crippen LogP contribution is -2.06.